The van der Waals surface area contributed by atoms with Gasteiger partial charge in [0, 0.05) is 17.0 Å². The minimum atomic E-state index is -0.690. The molecule has 1 N–H and O–H groups in total. The molecule has 4 nitrogen and oxygen atoms in total. The standard InChI is InChI=1S/C5H8N2O2/c1-4-2-3-6-5(4)7(8)9/h5-6H,1-3H2. The van der Waals surface area contributed by atoms with E-state index in [1.165, 1.54) is 0 Å². The van der Waals surface area contributed by atoms with Gasteiger partial charge < -0.3 is 0 Å². The normalized spacial score (nSPS) is 26.7. The van der Waals surface area contributed by atoms with E-state index in [9.17, 15) is 10.1 Å². The van der Waals surface area contributed by atoms with Crippen molar-refractivity contribution in [2.75, 3.05) is 6.54 Å². The third-order valence-electron chi connectivity index (χ3n) is 1.38. The van der Waals surface area contributed by atoms with Crippen molar-refractivity contribution in [2.45, 2.75) is 12.6 Å². The van der Waals surface area contributed by atoms with Crippen LogP contribution in [0, 0.1) is 10.1 Å². The van der Waals surface area contributed by atoms with Gasteiger partial charge in [-0.2, -0.15) is 0 Å². The zero-order chi connectivity index (χ0) is 6.85. The molecule has 1 fully saturated rings. The highest BCUT2D eigenvalue weighted by Crippen LogP contribution is 2.10. The molecular formula is C5H8N2O2. The maximum Gasteiger partial charge on any atom is 0.287 e. The van der Waals surface area contributed by atoms with Crippen LogP contribution in [0.4, 0.5) is 0 Å². The second-order valence-electron chi connectivity index (χ2n) is 2.05. The number of hydrogen-bond acceptors (Lipinski definition) is 3. The van der Waals surface area contributed by atoms with Gasteiger partial charge in [-0.3, -0.25) is 15.4 Å². The van der Waals surface area contributed by atoms with Crippen molar-refractivity contribution < 1.29 is 4.92 Å². The van der Waals surface area contributed by atoms with Crippen LogP contribution in [-0.2, 0) is 0 Å². The summed E-state index contributed by atoms with van der Waals surface area (Å²) in [6.45, 7) is 4.24. The van der Waals surface area contributed by atoms with Gasteiger partial charge in [0.15, 0.2) is 0 Å². The fourth-order valence-corrected chi connectivity index (χ4v) is 0.874. The fourth-order valence-electron chi connectivity index (χ4n) is 0.874. The van der Waals surface area contributed by atoms with Crippen molar-refractivity contribution in [1.82, 2.24) is 5.32 Å². The Kier molecular flexibility index (Phi) is 1.48. The van der Waals surface area contributed by atoms with E-state index in [2.05, 4.69) is 11.9 Å². The van der Waals surface area contributed by atoms with Crippen LogP contribution in [0.5, 0.6) is 0 Å². The molecule has 1 rings (SSSR count). The van der Waals surface area contributed by atoms with Crippen LogP contribution in [0.25, 0.3) is 0 Å². The Hall–Kier alpha value is -0.900. The highest BCUT2D eigenvalue weighted by Gasteiger charge is 2.27. The lowest BCUT2D eigenvalue weighted by molar-refractivity contribution is -0.515. The molecule has 1 atom stereocenters. The largest absolute Gasteiger partial charge is 0.287 e. The van der Waals surface area contributed by atoms with Crippen LogP contribution < -0.4 is 5.32 Å². The summed E-state index contributed by atoms with van der Waals surface area (Å²) in [7, 11) is 0. The number of nitro groups is 1. The lowest BCUT2D eigenvalue weighted by Gasteiger charge is -1.99. The Labute approximate surface area is 52.7 Å². The molecule has 0 aliphatic carbocycles. The second-order valence-corrected chi connectivity index (χ2v) is 2.05. The number of nitrogens with one attached hydrogen (secondary N) is 1. The zero-order valence-electron chi connectivity index (χ0n) is 4.96. The molecule has 0 aromatic heterocycles. The van der Waals surface area contributed by atoms with E-state index in [0.717, 1.165) is 6.42 Å². The summed E-state index contributed by atoms with van der Waals surface area (Å²) in [5.74, 6) is 0. The molecule has 50 valence electrons. The molecule has 9 heavy (non-hydrogen) atoms. The van der Waals surface area contributed by atoms with Crippen molar-refractivity contribution in [3.05, 3.63) is 22.3 Å². The average Bonchev–Trinajstić information content (AvgIpc) is 2.13. The number of hydrogen-bond donors (Lipinski definition) is 1. The minimum absolute atomic E-state index is 0.352. The van der Waals surface area contributed by atoms with Crippen molar-refractivity contribution in [2.24, 2.45) is 0 Å². The highest BCUT2D eigenvalue weighted by atomic mass is 16.6. The molecule has 4 heteroatoms. The Morgan fingerprint density at radius 3 is 2.78 bits per heavy atom. The van der Waals surface area contributed by atoms with Gasteiger partial charge in [-0.15, -0.1) is 0 Å². The van der Waals surface area contributed by atoms with Gasteiger partial charge in [0.1, 0.15) is 0 Å². The Morgan fingerprint density at radius 1 is 1.89 bits per heavy atom. The van der Waals surface area contributed by atoms with Crippen molar-refractivity contribution >= 4 is 0 Å². The Morgan fingerprint density at radius 2 is 2.56 bits per heavy atom. The van der Waals surface area contributed by atoms with E-state index in [1.54, 1.807) is 0 Å². The predicted octanol–water partition coefficient (Wildman–Crippen LogP) is 0.139. The topological polar surface area (TPSA) is 55.2 Å². The van der Waals surface area contributed by atoms with E-state index >= 15 is 0 Å². The predicted molar refractivity (Wildman–Crippen MR) is 32.5 cm³/mol. The minimum Gasteiger partial charge on any atom is -0.262 e. The summed E-state index contributed by atoms with van der Waals surface area (Å²) >= 11 is 0. The zero-order valence-corrected chi connectivity index (χ0v) is 4.96. The summed E-state index contributed by atoms with van der Waals surface area (Å²) in [5, 5.41) is 12.8. The fraction of sp³-hybridized carbons (Fsp3) is 0.600. The first kappa shape index (κ1) is 6.22. The SMILES string of the molecule is C=C1CCNC1[N+](=O)[O-]. The van der Waals surface area contributed by atoms with Crippen LogP contribution in [0.2, 0.25) is 0 Å². The lowest BCUT2D eigenvalue weighted by Crippen LogP contribution is -2.30. The third kappa shape index (κ3) is 1.08. The van der Waals surface area contributed by atoms with Crippen molar-refractivity contribution in [1.29, 1.82) is 0 Å². The van der Waals surface area contributed by atoms with Crippen molar-refractivity contribution in [3.63, 3.8) is 0 Å². The summed E-state index contributed by atoms with van der Waals surface area (Å²) in [4.78, 5) is 9.74. The number of rotatable bonds is 1. The molecule has 0 saturated carbocycles. The highest BCUT2D eigenvalue weighted by molar-refractivity contribution is 5.05. The Balaban J connectivity index is 2.60. The lowest BCUT2D eigenvalue weighted by atomic mass is 10.2. The van der Waals surface area contributed by atoms with Gasteiger partial charge in [0.25, 0.3) is 6.17 Å². The van der Waals surface area contributed by atoms with Gasteiger partial charge in [0.2, 0.25) is 0 Å². The molecule has 1 aliphatic heterocycles. The summed E-state index contributed by atoms with van der Waals surface area (Å²) in [6.07, 6.45) is 0.0380. The molecule has 1 saturated heterocycles. The maximum absolute atomic E-state index is 10.1. The molecule has 0 radical (unpaired) electrons. The van der Waals surface area contributed by atoms with Crippen LogP contribution >= 0.6 is 0 Å². The van der Waals surface area contributed by atoms with E-state index in [0.29, 0.717) is 12.1 Å². The quantitative estimate of drug-likeness (QED) is 0.310. The van der Waals surface area contributed by atoms with E-state index in [4.69, 9.17) is 0 Å². The second kappa shape index (κ2) is 2.14. The molecule has 0 bridgehead atoms. The monoisotopic (exact) mass is 128 g/mol. The molecule has 1 heterocycles. The molecule has 1 unspecified atom stereocenters. The third-order valence-corrected chi connectivity index (χ3v) is 1.38. The smallest absolute Gasteiger partial charge is 0.262 e. The van der Waals surface area contributed by atoms with Gasteiger partial charge >= 0.3 is 0 Å². The molecule has 0 spiro atoms. The van der Waals surface area contributed by atoms with E-state index in [1.807, 2.05) is 0 Å². The van der Waals surface area contributed by atoms with Crippen LogP contribution in [-0.4, -0.2) is 17.6 Å². The first-order valence-corrected chi connectivity index (χ1v) is 2.76. The van der Waals surface area contributed by atoms with Crippen LogP contribution in [0.1, 0.15) is 6.42 Å². The van der Waals surface area contributed by atoms with E-state index < -0.39 is 6.17 Å². The summed E-state index contributed by atoms with van der Waals surface area (Å²) in [5.41, 5.74) is 0.681. The molecule has 0 aromatic rings. The molecule has 0 amide bonds. The Bertz CT molecular complexity index is 155. The molecule has 1 aliphatic rings. The molecule has 0 aromatic carbocycles. The van der Waals surface area contributed by atoms with E-state index in [-0.39, 0.29) is 4.92 Å². The molecular weight excluding hydrogens is 120 g/mol. The van der Waals surface area contributed by atoms with Gasteiger partial charge in [-0.05, 0) is 6.42 Å². The summed E-state index contributed by atoms with van der Waals surface area (Å²) < 4.78 is 0. The van der Waals surface area contributed by atoms with Gasteiger partial charge in [-0.1, -0.05) is 6.58 Å². The van der Waals surface area contributed by atoms with Gasteiger partial charge in [0.05, 0.1) is 0 Å². The number of nitrogens with zero attached hydrogens (tertiary/aromatic N) is 1. The van der Waals surface area contributed by atoms with Crippen molar-refractivity contribution in [3.8, 4) is 0 Å². The maximum atomic E-state index is 10.1. The van der Waals surface area contributed by atoms with Crippen LogP contribution in [0.15, 0.2) is 12.2 Å². The first-order chi connectivity index (χ1) is 4.22. The van der Waals surface area contributed by atoms with Crippen LogP contribution in [0.3, 0.4) is 0 Å². The average molecular weight is 128 g/mol. The first-order valence-electron chi connectivity index (χ1n) is 2.76. The summed E-state index contributed by atoms with van der Waals surface area (Å²) in [6, 6.07) is 0. The van der Waals surface area contributed by atoms with Gasteiger partial charge in [-0.25, -0.2) is 0 Å².